The number of nitro groups is 1. The van der Waals surface area contributed by atoms with E-state index in [9.17, 15) is 14.9 Å². The van der Waals surface area contributed by atoms with Gasteiger partial charge in [-0.3, -0.25) is 14.9 Å². The minimum atomic E-state index is -0.499. The van der Waals surface area contributed by atoms with Gasteiger partial charge in [-0.1, -0.05) is 18.2 Å². The zero-order chi connectivity index (χ0) is 18.0. The third-order valence-corrected chi connectivity index (χ3v) is 3.80. The maximum atomic E-state index is 12.4. The van der Waals surface area contributed by atoms with Gasteiger partial charge in [0.25, 0.3) is 11.6 Å². The van der Waals surface area contributed by atoms with Crippen molar-refractivity contribution in [1.29, 1.82) is 0 Å². The first kappa shape index (κ1) is 16.4. The van der Waals surface area contributed by atoms with Crippen LogP contribution >= 0.6 is 0 Å². The highest BCUT2D eigenvalue weighted by Gasteiger charge is 2.18. The van der Waals surface area contributed by atoms with Gasteiger partial charge in [-0.15, -0.1) is 0 Å². The molecule has 7 nitrogen and oxygen atoms in total. The minimum Gasteiger partial charge on any atom is -0.449 e. The highest BCUT2D eigenvalue weighted by Crippen LogP contribution is 2.24. The number of nitrogens with one attached hydrogen (secondary N) is 1. The van der Waals surface area contributed by atoms with Crippen LogP contribution in [0.2, 0.25) is 0 Å². The van der Waals surface area contributed by atoms with Gasteiger partial charge in [0.15, 0.2) is 5.89 Å². The van der Waals surface area contributed by atoms with E-state index in [1.807, 2.05) is 12.1 Å². The molecule has 3 aromatic rings. The van der Waals surface area contributed by atoms with Crippen LogP contribution < -0.4 is 5.32 Å². The average Bonchev–Trinajstić information content (AvgIpc) is 3.02. The number of oxazole rings is 1. The van der Waals surface area contributed by atoms with Gasteiger partial charge in [-0.25, -0.2) is 4.98 Å². The van der Waals surface area contributed by atoms with Crippen molar-refractivity contribution in [2.75, 3.05) is 5.32 Å². The van der Waals surface area contributed by atoms with E-state index in [-0.39, 0.29) is 11.3 Å². The molecule has 1 aromatic heterocycles. The Hall–Kier alpha value is -3.48. The highest BCUT2D eigenvalue weighted by molar-refractivity contribution is 6.05. The summed E-state index contributed by atoms with van der Waals surface area (Å²) in [6, 6.07) is 11.5. The summed E-state index contributed by atoms with van der Waals surface area (Å²) in [5.74, 6) is 0.180. The summed E-state index contributed by atoms with van der Waals surface area (Å²) in [7, 11) is 0. The predicted molar refractivity (Wildman–Crippen MR) is 92.5 cm³/mol. The van der Waals surface area contributed by atoms with Crippen molar-refractivity contribution in [2.45, 2.75) is 13.8 Å². The van der Waals surface area contributed by atoms with E-state index in [2.05, 4.69) is 10.3 Å². The second-order valence-corrected chi connectivity index (χ2v) is 5.49. The Labute approximate surface area is 143 Å². The van der Waals surface area contributed by atoms with Gasteiger partial charge in [0, 0.05) is 35.4 Å². The Bertz CT molecular complexity index is 945. The first-order valence-corrected chi connectivity index (χ1v) is 7.53. The lowest BCUT2D eigenvalue weighted by molar-refractivity contribution is -0.385. The first-order valence-electron chi connectivity index (χ1n) is 7.53. The lowest BCUT2D eigenvalue weighted by Gasteiger charge is -2.08. The fourth-order valence-corrected chi connectivity index (χ4v) is 2.49. The zero-order valence-electron chi connectivity index (χ0n) is 13.6. The molecule has 0 spiro atoms. The Kier molecular flexibility index (Phi) is 4.30. The topological polar surface area (TPSA) is 98.3 Å². The lowest BCUT2D eigenvalue weighted by atomic mass is 10.1. The molecule has 7 heteroatoms. The maximum absolute atomic E-state index is 12.4. The van der Waals surface area contributed by atoms with Crippen molar-refractivity contribution in [1.82, 2.24) is 4.98 Å². The molecule has 0 aliphatic carbocycles. The van der Waals surface area contributed by atoms with E-state index >= 15 is 0 Å². The van der Waals surface area contributed by atoms with Crippen LogP contribution in [0.15, 0.2) is 53.1 Å². The number of amides is 1. The maximum Gasteiger partial charge on any atom is 0.273 e. The second-order valence-electron chi connectivity index (χ2n) is 5.49. The molecule has 1 N–H and O–H groups in total. The number of anilines is 1. The Morgan fingerprint density at radius 2 is 1.88 bits per heavy atom. The molecule has 0 bridgehead atoms. The number of aromatic nitrogens is 1. The molecule has 0 saturated carbocycles. The monoisotopic (exact) mass is 337 g/mol. The number of carbonyl (C=O) groups is 1. The second kappa shape index (κ2) is 6.56. The molecule has 2 aromatic carbocycles. The van der Waals surface area contributed by atoms with E-state index in [1.165, 1.54) is 12.1 Å². The molecule has 0 atom stereocenters. The van der Waals surface area contributed by atoms with Crippen molar-refractivity contribution >= 4 is 17.3 Å². The predicted octanol–water partition coefficient (Wildman–Crippen LogP) is 4.12. The average molecular weight is 337 g/mol. The molecule has 0 aliphatic heterocycles. The van der Waals surface area contributed by atoms with E-state index in [0.717, 1.165) is 5.56 Å². The summed E-state index contributed by atoms with van der Waals surface area (Å²) in [5, 5.41) is 13.7. The van der Waals surface area contributed by atoms with Crippen LogP contribution in [0.3, 0.4) is 0 Å². The van der Waals surface area contributed by atoms with Gasteiger partial charge in [0.05, 0.1) is 4.92 Å². The van der Waals surface area contributed by atoms with Crippen molar-refractivity contribution in [3.8, 4) is 11.3 Å². The van der Waals surface area contributed by atoms with Crippen LogP contribution in [0.25, 0.3) is 11.3 Å². The Morgan fingerprint density at radius 1 is 1.16 bits per heavy atom. The van der Waals surface area contributed by atoms with Crippen LogP contribution in [0.1, 0.15) is 21.8 Å². The third kappa shape index (κ3) is 3.40. The molecular formula is C18H15N3O4. The smallest absolute Gasteiger partial charge is 0.273 e. The van der Waals surface area contributed by atoms with Gasteiger partial charge < -0.3 is 9.73 Å². The molecule has 0 radical (unpaired) electrons. The van der Waals surface area contributed by atoms with Gasteiger partial charge in [0.1, 0.15) is 12.0 Å². The van der Waals surface area contributed by atoms with Crippen LogP contribution in [0.4, 0.5) is 11.4 Å². The number of nitrogens with zero attached hydrogens (tertiary/aromatic N) is 2. The normalized spacial score (nSPS) is 10.5. The molecule has 0 saturated heterocycles. The van der Waals surface area contributed by atoms with Crippen molar-refractivity contribution < 1.29 is 14.1 Å². The third-order valence-electron chi connectivity index (χ3n) is 3.80. The molecule has 25 heavy (non-hydrogen) atoms. The van der Waals surface area contributed by atoms with Crippen molar-refractivity contribution in [2.24, 2.45) is 0 Å². The molecule has 0 unspecified atom stereocenters. The fourth-order valence-electron chi connectivity index (χ4n) is 2.49. The SMILES string of the molecule is Cc1nc(-c2ccc(NC(=O)c3cccc([N+](=O)[O-])c3C)cc2)co1. The molecule has 1 amide bonds. The van der Waals surface area contributed by atoms with Gasteiger partial charge in [-0.2, -0.15) is 0 Å². The fraction of sp³-hybridized carbons (Fsp3) is 0.111. The Balaban J connectivity index is 1.80. The number of hydrogen-bond donors (Lipinski definition) is 1. The summed E-state index contributed by atoms with van der Waals surface area (Å²) in [6.45, 7) is 3.32. The van der Waals surface area contributed by atoms with E-state index < -0.39 is 10.8 Å². The van der Waals surface area contributed by atoms with Crippen molar-refractivity contribution in [3.63, 3.8) is 0 Å². The van der Waals surface area contributed by atoms with Crippen LogP contribution in [-0.4, -0.2) is 15.8 Å². The summed E-state index contributed by atoms with van der Waals surface area (Å²) in [6.07, 6.45) is 1.56. The van der Waals surface area contributed by atoms with E-state index in [0.29, 0.717) is 22.8 Å². The molecule has 1 heterocycles. The molecule has 0 fully saturated rings. The molecule has 0 aliphatic rings. The highest BCUT2D eigenvalue weighted by atomic mass is 16.6. The quantitative estimate of drug-likeness (QED) is 0.570. The molecular weight excluding hydrogens is 322 g/mol. The van der Waals surface area contributed by atoms with Gasteiger partial charge >= 0.3 is 0 Å². The number of rotatable bonds is 4. The summed E-state index contributed by atoms with van der Waals surface area (Å²) >= 11 is 0. The van der Waals surface area contributed by atoms with Crippen LogP contribution in [0.5, 0.6) is 0 Å². The van der Waals surface area contributed by atoms with Gasteiger partial charge in [-0.05, 0) is 25.1 Å². The summed E-state index contributed by atoms with van der Waals surface area (Å²) in [4.78, 5) is 27.1. The molecule has 3 rings (SSSR count). The number of benzene rings is 2. The van der Waals surface area contributed by atoms with Crippen LogP contribution in [-0.2, 0) is 0 Å². The Morgan fingerprint density at radius 3 is 2.48 bits per heavy atom. The number of carbonyl (C=O) groups excluding carboxylic acids is 1. The van der Waals surface area contributed by atoms with Gasteiger partial charge in [0.2, 0.25) is 0 Å². The van der Waals surface area contributed by atoms with E-state index in [4.69, 9.17) is 4.42 Å². The summed E-state index contributed by atoms with van der Waals surface area (Å²) in [5.41, 5.74) is 2.68. The minimum absolute atomic E-state index is 0.0793. The van der Waals surface area contributed by atoms with Crippen LogP contribution in [0, 0.1) is 24.0 Å². The number of nitro benzene ring substituents is 1. The zero-order valence-corrected chi connectivity index (χ0v) is 13.6. The largest absolute Gasteiger partial charge is 0.449 e. The van der Waals surface area contributed by atoms with Crippen molar-refractivity contribution in [3.05, 3.63) is 75.9 Å². The molecule has 126 valence electrons. The number of hydrogen-bond acceptors (Lipinski definition) is 5. The summed E-state index contributed by atoms with van der Waals surface area (Å²) < 4.78 is 5.18. The first-order chi connectivity index (χ1) is 12.0. The standard InChI is InChI=1S/C18H15N3O4/c1-11-15(4-3-5-17(11)21(23)24)18(22)20-14-8-6-13(7-9-14)16-10-25-12(2)19-16/h3-10H,1-2H3,(H,20,22). The van der Waals surface area contributed by atoms with E-state index in [1.54, 1.807) is 38.3 Å². The lowest BCUT2D eigenvalue weighted by Crippen LogP contribution is -2.14. The number of aryl methyl sites for hydroxylation is 1.